The number of nitrogens with one attached hydrogen (secondary N) is 1. The van der Waals surface area contributed by atoms with Crippen molar-refractivity contribution in [1.29, 1.82) is 0 Å². The lowest BCUT2D eigenvalue weighted by atomic mass is 9.94. The molecule has 1 aliphatic rings. The molecular weight excluding hydrogens is 400 g/mol. The van der Waals surface area contributed by atoms with Gasteiger partial charge in [0.05, 0.1) is 17.7 Å². The van der Waals surface area contributed by atoms with Gasteiger partial charge in [0.1, 0.15) is 11.2 Å². The van der Waals surface area contributed by atoms with Gasteiger partial charge < -0.3 is 19.4 Å². The summed E-state index contributed by atoms with van der Waals surface area (Å²) >= 11 is 0. The summed E-state index contributed by atoms with van der Waals surface area (Å²) < 4.78 is 4.07. The number of hydrogen-bond acceptors (Lipinski definition) is 2. The van der Waals surface area contributed by atoms with E-state index in [0.717, 1.165) is 35.0 Å². The van der Waals surface area contributed by atoms with E-state index in [1.54, 1.807) is 4.90 Å². The molecule has 0 radical (unpaired) electrons. The third-order valence-corrected chi connectivity index (χ3v) is 6.51. The third-order valence-electron chi connectivity index (χ3n) is 6.51. The number of benzene rings is 1. The lowest BCUT2D eigenvalue weighted by molar-refractivity contribution is -0.132. The van der Waals surface area contributed by atoms with Crippen molar-refractivity contribution in [3.05, 3.63) is 54.0 Å². The molecule has 0 saturated carbocycles. The zero-order valence-electron chi connectivity index (χ0n) is 19.8. The Bertz CT molecular complexity index is 1140. The molecule has 1 aromatic carbocycles. The first-order valence-corrected chi connectivity index (χ1v) is 11.6. The number of hydrogen-bond donors (Lipinski definition) is 1. The van der Waals surface area contributed by atoms with Crippen LogP contribution in [0.5, 0.6) is 0 Å². The van der Waals surface area contributed by atoms with Crippen molar-refractivity contribution < 1.29 is 9.59 Å². The molecule has 0 bridgehead atoms. The Balaban J connectivity index is 1.87. The lowest BCUT2D eigenvalue weighted by Crippen LogP contribution is -2.64. The van der Waals surface area contributed by atoms with E-state index in [0.29, 0.717) is 31.2 Å². The molecule has 0 unspecified atom stereocenters. The van der Waals surface area contributed by atoms with Gasteiger partial charge in [-0.3, -0.25) is 9.59 Å². The van der Waals surface area contributed by atoms with E-state index in [2.05, 4.69) is 48.9 Å². The summed E-state index contributed by atoms with van der Waals surface area (Å²) in [5, 5.41) is 4.14. The highest BCUT2D eigenvalue weighted by molar-refractivity contribution is 6.09. The van der Waals surface area contributed by atoms with Crippen molar-refractivity contribution in [3.63, 3.8) is 0 Å². The van der Waals surface area contributed by atoms with Gasteiger partial charge in [-0.2, -0.15) is 0 Å². The quantitative estimate of drug-likeness (QED) is 0.594. The van der Waals surface area contributed by atoms with E-state index < -0.39 is 5.54 Å². The van der Waals surface area contributed by atoms with Crippen LogP contribution < -0.4 is 5.32 Å². The number of carbonyl (C=O) groups is 2. The largest absolute Gasteiger partial charge is 0.354 e. The Kier molecular flexibility index (Phi) is 5.89. The molecule has 32 heavy (non-hydrogen) atoms. The second kappa shape index (κ2) is 8.49. The number of amides is 2. The summed E-state index contributed by atoms with van der Waals surface area (Å²) in [4.78, 5) is 29.2. The van der Waals surface area contributed by atoms with E-state index in [-0.39, 0.29) is 11.8 Å². The van der Waals surface area contributed by atoms with E-state index in [9.17, 15) is 9.59 Å². The van der Waals surface area contributed by atoms with Crippen LogP contribution in [0, 0.1) is 12.8 Å². The van der Waals surface area contributed by atoms with Crippen LogP contribution in [0.15, 0.2) is 42.7 Å². The van der Waals surface area contributed by atoms with Gasteiger partial charge in [0.2, 0.25) is 5.91 Å². The Morgan fingerprint density at radius 3 is 2.59 bits per heavy atom. The molecule has 4 rings (SSSR count). The smallest absolute Gasteiger partial charge is 0.273 e. The molecule has 6 heteroatoms. The number of nitrogens with zero attached hydrogens (tertiary/aromatic N) is 3. The molecule has 1 atom stereocenters. The summed E-state index contributed by atoms with van der Waals surface area (Å²) in [5.41, 5.74) is 2.73. The average molecular weight is 435 g/mol. The molecule has 1 N–H and O–H groups in total. The minimum absolute atomic E-state index is 0.0814. The summed E-state index contributed by atoms with van der Waals surface area (Å²) in [6, 6.07) is 10.2. The van der Waals surface area contributed by atoms with Crippen LogP contribution in [-0.4, -0.2) is 44.5 Å². The van der Waals surface area contributed by atoms with Gasteiger partial charge >= 0.3 is 0 Å². The van der Waals surface area contributed by atoms with E-state index >= 15 is 0 Å². The molecular formula is C26H34N4O2. The first-order valence-electron chi connectivity index (χ1n) is 11.6. The zero-order valence-corrected chi connectivity index (χ0v) is 19.8. The SMILES string of the molecule is CCCN1C(=O)c2c(-n3cccc3)c3cc(C)ccc3n2C[C@@]1(C)C(=O)NCCC(C)C. The number of fused-ring (bicyclic) bond motifs is 3. The first kappa shape index (κ1) is 22.2. The van der Waals surface area contributed by atoms with Crippen molar-refractivity contribution in [2.75, 3.05) is 13.1 Å². The molecule has 3 heterocycles. The minimum Gasteiger partial charge on any atom is -0.354 e. The molecule has 1 aliphatic heterocycles. The van der Waals surface area contributed by atoms with Crippen molar-refractivity contribution in [1.82, 2.24) is 19.4 Å². The standard InChI is InChI=1S/C26H34N4O2/c1-6-13-30-24(31)23-22(28-14-7-8-15-28)20-16-19(4)9-10-21(20)29(23)17-26(30,5)25(32)27-12-11-18(2)3/h7-10,14-16,18H,6,11-13,17H2,1-5H3,(H,27,32)/t26-/m0/s1. The van der Waals surface area contributed by atoms with Crippen LogP contribution in [-0.2, 0) is 11.3 Å². The second-order valence-corrected chi connectivity index (χ2v) is 9.56. The summed E-state index contributed by atoms with van der Waals surface area (Å²) in [5.74, 6) is 0.342. The van der Waals surface area contributed by atoms with Gasteiger partial charge in [0, 0.05) is 30.9 Å². The molecule has 2 aromatic heterocycles. The molecule has 6 nitrogen and oxygen atoms in total. The number of aromatic nitrogens is 2. The maximum atomic E-state index is 14.0. The van der Waals surface area contributed by atoms with Crippen LogP contribution in [0.2, 0.25) is 0 Å². The maximum Gasteiger partial charge on any atom is 0.273 e. The number of carbonyl (C=O) groups excluding carboxylic acids is 2. The topological polar surface area (TPSA) is 59.3 Å². The van der Waals surface area contributed by atoms with Crippen LogP contribution in [0.3, 0.4) is 0 Å². The summed E-state index contributed by atoms with van der Waals surface area (Å²) in [7, 11) is 0. The fourth-order valence-electron chi connectivity index (χ4n) is 4.75. The molecule has 0 fully saturated rings. The third kappa shape index (κ3) is 3.61. The Labute approximate surface area is 190 Å². The van der Waals surface area contributed by atoms with Crippen LogP contribution in [0.4, 0.5) is 0 Å². The van der Waals surface area contributed by atoms with Gasteiger partial charge in [0.25, 0.3) is 5.91 Å². The highest BCUT2D eigenvalue weighted by atomic mass is 16.2. The van der Waals surface area contributed by atoms with E-state index in [1.165, 1.54) is 0 Å². The minimum atomic E-state index is -0.943. The number of rotatable bonds is 7. The Morgan fingerprint density at radius 1 is 1.22 bits per heavy atom. The fourth-order valence-corrected chi connectivity index (χ4v) is 4.75. The first-order chi connectivity index (χ1) is 15.3. The van der Waals surface area contributed by atoms with Crippen LogP contribution >= 0.6 is 0 Å². The van der Waals surface area contributed by atoms with Gasteiger partial charge in [-0.15, -0.1) is 0 Å². The van der Waals surface area contributed by atoms with Crippen molar-refractivity contribution >= 4 is 22.7 Å². The van der Waals surface area contributed by atoms with Gasteiger partial charge in [-0.05, 0) is 56.9 Å². The molecule has 170 valence electrons. The fraction of sp³-hybridized carbons (Fsp3) is 0.462. The van der Waals surface area contributed by atoms with Gasteiger partial charge in [-0.25, -0.2) is 0 Å². The average Bonchev–Trinajstić information content (AvgIpc) is 3.36. The highest BCUT2D eigenvalue weighted by Gasteiger charge is 2.48. The van der Waals surface area contributed by atoms with Crippen LogP contribution in [0.25, 0.3) is 16.6 Å². The molecule has 0 aliphatic carbocycles. The second-order valence-electron chi connectivity index (χ2n) is 9.56. The highest BCUT2D eigenvalue weighted by Crippen LogP contribution is 2.38. The van der Waals surface area contributed by atoms with Crippen molar-refractivity contribution in [2.45, 2.75) is 59.5 Å². The Hall–Kier alpha value is -3.02. The van der Waals surface area contributed by atoms with Gasteiger partial charge in [-0.1, -0.05) is 32.4 Å². The predicted molar refractivity (Wildman–Crippen MR) is 128 cm³/mol. The maximum absolute atomic E-state index is 14.0. The monoisotopic (exact) mass is 434 g/mol. The van der Waals surface area contributed by atoms with E-state index in [1.807, 2.05) is 42.9 Å². The van der Waals surface area contributed by atoms with E-state index in [4.69, 9.17) is 0 Å². The van der Waals surface area contributed by atoms with Crippen LogP contribution in [0.1, 0.15) is 56.6 Å². The Morgan fingerprint density at radius 2 is 1.94 bits per heavy atom. The number of aryl methyl sites for hydroxylation is 1. The summed E-state index contributed by atoms with van der Waals surface area (Å²) in [6.45, 7) is 11.9. The van der Waals surface area contributed by atoms with Crippen molar-refractivity contribution in [3.8, 4) is 5.69 Å². The van der Waals surface area contributed by atoms with Crippen molar-refractivity contribution in [2.24, 2.45) is 5.92 Å². The van der Waals surface area contributed by atoms with Gasteiger partial charge in [0.15, 0.2) is 0 Å². The molecule has 2 amide bonds. The zero-order chi connectivity index (χ0) is 23.0. The predicted octanol–water partition coefficient (Wildman–Crippen LogP) is 4.53. The molecule has 0 saturated heterocycles. The lowest BCUT2D eigenvalue weighted by Gasteiger charge is -2.44. The molecule has 3 aromatic rings. The summed E-state index contributed by atoms with van der Waals surface area (Å²) in [6.07, 6.45) is 5.65. The normalized spacial score (nSPS) is 18.4. The molecule has 0 spiro atoms.